The van der Waals surface area contributed by atoms with Crippen molar-refractivity contribution in [3.05, 3.63) is 39.9 Å². The topological polar surface area (TPSA) is 89.4 Å². The van der Waals surface area contributed by atoms with Gasteiger partial charge in [0.15, 0.2) is 0 Å². The summed E-state index contributed by atoms with van der Waals surface area (Å²) in [7, 11) is 0. The molecule has 76 valence electrons. The smallest absolute Gasteiger partial charge is 0.269 e. The minimum absolute atomic E-state index is 0.0162. The summed E-state index contributed by atoms with van der Waals surface area (Å²) in [4.78, 5) is 9.88. The molecule has 14 heavy (non-hydrogen) atoms. The van der Waals surface area contributed by atoms with Crippen LogP contribution in [0.25, 0.3) is 0 Å². The van der Waals surface area contributed by atoms with Crippen molar-refractivity contribution in [1.82, 2.24) is 0 Å². The molecule has 0 aromatic heterocycles. The summed E-state index contributed by atoms with van der Waals surface area (Å²) in [5.74, 6) is 0. The second-order valence-electron chi connectivity index (χ2n) is 3.38. The van der Waals surface area contributed by atoms with Crippen molar-refractivity contribution in [2.24, 2.45) is 5.73 Å². The third kappa shape index (κ3) is 2.07. The molecule has 0 amide bonds. The lowest BCUT2D eigenvalue weighted by atomic mass is 9.94. The molecule has 0 spiro atoms. The summed E-state index contributed by atoms with van der Waals surface area (Å²) in [5, 5.41) is 19.3. The SMILES string of the molecule is C[C@@](N)(CO)c1ccc([N+](=O)[O-])cc1. The maximum absolute atomic E-state index is 10.4. The molecule has 5 heteroatoms. The summed E-state index contributed by atoms with van der Waals surface area (Å²) < 4.78 is 0. The Morgan fingerprint density at radius 3 is 2.36 bits per heavy atom. The molecule has 1 aromatic rings. The average Bonchev–Trinajstić information content (AvgIpc) is 2.18. The van der Waals surface area contributed by atoms with Crippen LogP contribution in [-0.2, 0) is 5.54 Å². The molecule has 5 nitrogen and oxygen atoms in total. The number of benzene rings is 1. The molecule has 0 saturated carbocycles. The molecule has 3 N–H and O–H groups in total. The van der Waals surface area contributed by atoms with Crippen molar-refractivity contribution in [2.75, 3.05) is 6.61 Å². The van der Waals surface area contributed by atoms with Gasteiger partial charge in [0.2, 0.25) is 0 Å². The molecule has 0 aliphatic rings. The minimum atomic E-state index is -0.852. The Hall–Kier alpha value is -1.46. The van der Waals surface area contributed by atoms with Crippen LogP contribution in [0.15, 0.2) is 24.3 Å². The zero-order valence-corrected chi connectivity index (χ0v) is 7.80. The number of aliphatic hydroxyl groups is 1. The van der Waals surface area contributed by atoms with Crippen LogP contribution in [0.2, 0.25) is 0 Å². The van der Waals surface area contributed by atoms with Crippen LogP contribution in [0, 0.1) is 10.1 Å². The van der Waals surface area contributed by atoms with E-state index in [1.54, 1.807) is 19.1 Å². The first kappa shape index (κ1) is 10.6. The van der Waals surface area contributed by atoms with Crippen LogP contribution in [0.5, 0.6) is 0 Å². The lowest BCUT2D eigenvalue weighted by Gasteiger charge is -2.21. The van der Waals surface area contributed by atoms with E-state index in [-0.39, 0.29) is 12.3 Å². The van der Waals surface area contributed by atoms with Crippen molar-refractivity contribution in [2.45, 2.75) is 12.5 Å². The largest absolute Gasteiger partial charge is 0.394 e. The highest BCUT2D eigenvalue weighted by Gasteiger charge is 2.20. The number of nitro groups is 1. The van der Waals surface area contributed by atoms with Crippen LogP contribution in [0.1, 0.15) is 12.5 Å². The first-order valence-corrected chi connectivity index (χ1v) is 4.12. The summed E-state index contributed by atoms with van der Waals surface area (Å²) in [5.41, 5.74) is 5.58. The third-order valence-corrected chi connectivity index (χ3v) is 2.07. The Labute approximate surface area is 81.3 Å². The predicted octanol–water partition coefficient (Wildman–Crippen LogP) is 0.761. The van der Waals surface area contributed by atoms with Crippen molar-refractivity contribution in [3.8, 4) is 0 Å². The van der Waals surface area contributed by atoms with Crippen molar-refractivity contribution >= 4 is 5.69 Å². The van der Waals surface area contributed by atoms with E-state index in [9.17, 15) is 10.1 Å². The minimum Gasteiger partial charge on any atom is -0.394 e. The van der Waals surface area contributed by atoms with E-state index in [1.165, 1.54) is 12.1 Å². The van der Waals surface area contributed by atoms with Crippen molar-refractivity contribution in [3.63, 3.8) is 0 Å². The molecule has 1 rings (SSSR count). The number of nitrogens with zero attached hydrogens (tertiary/aromatic N) is 1. The molecule has 0 saturated heterocycles. The zero-order valence-electron chi connectivity index (χ0n) is 7.80. The highest BCUT2D eigenvalue weighted by Crippen LogP contribution is 2.20. The Morgan fingerprint density at radius 2 is 2.00 bits per heavy atom. The Kier molecular flexibility index (Phi) is 2.83. The van der Waals surface area contributed by atoms with Gasteiger partial charge in [0.05, 0.1) is 17.1 Å². The molecule has 0 aliphatic heterocycles. The second kappa shape index (κ2) is 3.73. The molecule has 1 aromatic carbocycles. The van der Waals surface area contributed by atoms with E-state index in [0.717, 1.165) is 0 Å². The van der Waals surface area contributed by atoms with Gasteiger partial charge in [-0.25, -0.2) is 0 Å². The van der Waals surface area contributed by atoms with Crippen LogP contribution >= 0.6 is 0 Å². The Balaban J connectivity index is 2.99. The van der Waals surface area contributed by atoms with Crippen LogP contribution in [0.3, 0.4) is 0 Å². The van der Waals surface area contributed by atoms with Crippen LogP contribution in [-0.4, -0.2) is 16.6 Å². The number of nitrogens with two attached hydrogens (primary N) is 1. The van der Waals surface area contributed by atoms with E-state index < -0.39 is 10.5 Å². The molecule has 0 heterocycles. The molecule has 0 bridgehead atoms. The summed E-state index contributed by atoms with van der Waals surface area (Å²) in [6, 6.07) is 5.84. The second-order valence-corrected chi connectivity index (χ2v) is 3.38. The van der Waals surface area contributed by atoms with E-state index in [1.807, 2.05) is 0 Å². The van der Waals surface area contributed by atoms with Crippen LogP contribution in [0.4, 0.5) is 5.69 Å². The lowest BCUT2D eigenvalue weighted by molar-refractivity contribution is -0.384. The van der Waals surface area contributed by atoms with Crippen LogP contribution < -0.4 is 5.73 Å². The van der Waals surface area contributed by atoms with E-state index >= 15 is 0 Å². The van der Waals surface area contributed by atoms with Gasteiger partial charge in [-0.1, -0.05) is 12.1 Å². The number of hydrogen-bond acceptors (Lipinski definition) is 4. The highest BCUT2D eigenvalue weighted by atomic mass is 16.6. The molecule has 0 aliphatic carbocycles. The fourth-order valence-electron chi connectivity index (χ4n) is 1.06. The van der Waals surface area contributed by atoms with Gasteiger partial charge < -0.3 is 10.8 Å². The third-order valence-electron chi connectivity index (χ3n) is 2.07. The number of aliphatic hydroxyl groups excluding tert-OH is 1. The van der Waals surface area contributed by atoms with Gasteiger partial charge in [-0.15, -0.1) is 0 Å². The summed E-state index contributed by atoms with van der Waals surface area (Å²) >= 11 is 0. The number of non-ortho nitro benzene ring substituents is 1. The molecule has 1 atom stereocenters. The van der Waals surface area contributed by atoms with Gasteiger partial charge in [0, 0.05) is 12.1 Å². The predicted molar refractivity (Wildman–Crippen MR) is 51.7 cm³/mol. The van der Waals surface area contributed by atoms with Crippen molar-refractivity contribution < 1.29 is 10.0 Å². The molecule has 0 radical (unpaired) electrons. The number of nitro benzene ring substituents is 1. The molecule has 0 fully saturated rings. The standard InChI is InChI=1S/C9H12N2O3/c1-9(10,6-12)7-2-4-8(5-3-7)11(13)14/h2-5,12H,6,10H2,1H3/t9-/m1/s1. The fraction of sp³-hybridized carbons (Fsp3) is 0.333. The maximum Gasteiger partial charge on any atom is 0.269 e. The molecule has 0 unspecified atom stereocenters. The van der Waals surface area contributed by atoms with E-state index in [0.29, 0.717) is 5.56 Å². The quantitative estimate of drug-likeness (QED) is 0.551. The van der Waals surface area contributed by atoms with Gasteiger partial charge in [0.1, 0.15) is 0 Å². The number of rotatable bonds is 3. The number of hydrogen-bond donors (Lipinski definition) is 2. The molecular formula is C9H12N2O3. The first-order valence-electron chi connectivity index (χ1n) is 4.12. The summed E-state index contributed by atoms with van der Waals surface area (Å²) in [6.07, 6.45) is 0. The monoisotopic (exact) mass is 196 g/mol. The van der Waals surface area contributed by atoms with Gasteiger partial charge in [0.25, 0.3) is 5.69 Å². The summed E-state index contributed by atoms with van der Waals surface area (Å²) in [6.45, 7) is 1.46. The Morgan fingerprint density at radius 1 is 1.50 bits per heavy atom. The normalized spacial score (nSPS) is 14.8. The van der Waals surface area contributed by atoms with Gasteiger partial charge >= 0.3 is 0 Å². The molecular weight excluding hydrogens is 184 g/mol. The van der Waals surface area contributed by atoms with Crippen molar-refractivity contribution in [1.29, 1.82) is 0 Å². The van der Waals surface area contributed by atoms with Gasteiger partial charge in [-0.05, 0) is 12.5 Å². The van der Waals surface area contributed by atoms with E-state index in [4.69, 9.17) is 10.8 Å². The van der Waals surface area contributed by atoms with Gasteiger partial charge in [-0.2, -0.15) is 0 Å². The first-order chi connectivity index (χ1) is 6.47. The fourth-order valence-corrected chi connectivity index (χ4v) is 1.06. The lowest BCUT2D eigenvalue weighted by Crippen LogP contribution is -2.36. The maximum atomic E-state index is 10.4. The highest BCUT2D eigenvalue weighted by molar-refractivity contribution is 5.35. The average molecular weight is 196 g/mol. The van der Waals surface area contributed by atoms with E-state index in [2.05, 4.69) is 0 Å². The van der Waals surface area contributed by atoms with Gasteiger partial charge in [-0.3, -0.25) is 10.1 Å². The Bertz CT molecular complexity index is 332. The zero-order chi connectivity index (χ0) is 10.8.